The fourth-order valence-electron chi connectivity index (χ4n) is 1.27. The second kappa shape index (κ2) is 3.51. The van der Waals surface area contributed by atoms with Gasteiger partial charge in [0, 0.05) is 6.20 Å². The molecule has 84 valence electrons. The zero-order valence-corrected chi connectivity index (χ0v) is 7.94. The van der Waals surface area contributed by atoms with Gasteiger partial charge in [0.1, 0.15) is 5.69 Å². The Morgan fingerprint density at radius 1 is 1.19 bits per heavy atom. The van der Waals surface area contributed by atoms with Gasteiger partial charge in [-0.3, -0.25) is 0 Å². The number of nitrogens with two attached hydrogens (primary N) is 1. The maximum Gasteiger partial charge on any atom is 0.433 e. The number of aromatic nitrogens is 3. The van der Waals surface area contributed by atoms with Gasteiger partial charge in [-0.05, 0) is 18.2 Å². The van der Waals surface area contributed by atoms with Crippen LogP contribution in [0.1, 0.15) is 5.69 Å². The number of nitrogens with zero attached hydrogens (tertiary/aromatic N) is 3. The van der Waals surface area contributed by atoms with Crippen molar-refractivity contribution in [3.63, 3.8) is 0 Å². The molecule has 2 N–H and O–H groups in total. The van der Waals surface area contributed by atoms with E-state index in [0.29, 0.717) is 4.68 Å². The van der Waals surface area contributed by atoms with Gasteiger partial charge < -0.3 is 5.73 Å². The molecule has 2 rings (SSSR count). The van der Waals surface area contributed by atoms with Crippen molar-refractivity contribution in [3.8, 4) is 5.82 Å². The van der Waals surface area contributed by atoms with Gasteiger partial charge in [-0.25, -0.2) is 9.67 Å². The summed E-state index contributed by atoms with van der Waals surface area (Å²) in [6.45, 7) is 0. The number of pyridine rings is 1. The van der Waals surface area contributed by atoms with E-state index in [9.17, 15) is 13.2 Å². The Balaban J connectivity index is 2.58. The first-order valence-electron chi connectivity index (χ1n) is 4.32. The normalized spacial score (nSPS) is 11.7. The molecule has 0 amide bonds. The number of hydrogen-bond acceptors (Lipinski definition) is 3. The van der Waals surface area contributed by atoms with Crippen molar-refractivity contribution in [3.05, 3.63) is 36.3 Å². The second-order valence-corrected chi connectivity index (χ2v) is 3.04. The highest BCUT2D eigenvalue weighted by molar-refractivity contribution is 5.52. The average molecular weight is 228 g/mol. The standard InChI is InChI=1S/C9H7F3N4/c10-9(11,12)7-3-5-15-16(7)8-6(13)2-1-4-14-8/h1-5H,13H2. The molecule has 0 bridgehead atoms. The van der Waals surface area contributed by atoms with E-state index >= 15 is 0 Å². The number of rotatable bonds is 1. The number of halogens is 3. The molecule has 0 aliphatic carbocycles. The molecule has 0 fully saturated rings. The summed E-state index contributed by atoms with van der Waals surface area (Å²) in [5, 5.41) is 3.57. The van der Waals surface area contributed by atoms with Gasteiger partial charge in [-0.2, -0.15) is 18.3 Å². The molecule has 16 heavy (non-hydrogen) atoms. The quantitative estimate of drug-likeness (QED) is 0.810. The molecule has 4 nitrogen and oxygen atoms in total. The summed E-state index contributed by atoms with van der Waals surface area (Å²) < 4.78 is 38.4. The van der Waals surface area contributed by atoms with E-state index in [1.54, 1.807) is 0 Å². The first-order chi connectivity index (χ1) is 7.50. The highest BCUT2D eigenvalue weighted by atomic mass is 19.4. The molecule has 0 saturated heterocycles. The van der Waals surface area contributed by atoms with Gasteiger partial charge in [0.25, 0.3) is 0 Å². The number of nitrogen functional groups attached to an aromatic ring is 1. The molecule has 0 unspecified atom stereocenters. The van der Waals surface area contributed by atoms with E-state index in [4.69, 9.17) is 5.73 Å². The summed E-state index contributed by atoms with van der Waals surface area (Å²) in [5.74, 6) is -0.0279. The minimum Gasteiger partial charge on any atom is -0.396 e. The third kappa shape index (κ3) is 1.71. The van der Waals surface area contributed by atoms with E-state index < -0.39 is 11.9 Å². The lowest BCUT2D eigenvalue weighted by atomic mass is 10.3. The van der Waals surface area contributed by atoms with Crippen LogP contribution in [0.5, 0.6) is 0 Å². The van der Waals surface area contributed by atoms with Crippen LogP contribution in [0, 0.1) is 0 Å². The fourth-order valence-corrected chi connectivity index (χ4v) is 1.27. The summed E-state index contributed by atoms with van der Waals surface area (Å²) in [5.41, 5.74) is 4.76. The smallest absolute Gasteiger partial charge is 0.396 e. The largest absolute Gasteiger partial charge is 0.433 e. The van der Waals surface area contributed by atoms with Crippen LogP contribution in [-0.4, -0.2) is 14.8 Å². The SMILES string of the molecule is Nc1cccnc1-n1nccc1C(F)(F)F. The first-order valence-corrected chi connectivity index (χ1v) is 4.32. The van der Waals surface area contributed by atoms with E-state index in [1.807, 2.05) is 0 Å². The highest BCUT2D eigenvalue weighted by Gasteiger charge is 2.35. The Hall–Kier alpha value is -2.05. The molecule has 2 heterocycles. The van der Waals surface area contributed by atoms with E-state index in [0.717, 1.165) is 12.3 Å². The predicted molar refractivity (Wildman–Crippen MR) is 50.8 cm³/mol. The Kier molecular flexibility index (Phi) is 2.30. The van der Waals surface area contributed by atoms with Crippen molar-refractivity contribution in [1.82, 2.24) is 14.8 Å². The van der Waals surface area contributed by atoms with Gasteiger partial charge in [-0.15, -0.1) is 0 Å². The molecule has 2 aromatic rings. The maximum atomic E-state index is 12.6. The summed E-state index contributed by atoms with van der Waals surface area (Å²) in [6.07, 6.45) is -2.08. The van der Waals surface area contributed by atoms with Crippen LogP contribution in [0.15, 0.2) is 30.6 Å². The summed E-state index contributed by atoms with van der Waals surface area (Å²) >= 11 is 0. The van der Waals surface area contributed by atoms with Crippen LogP contribution in [0.4, 0.5) is 18.9 Å². The van der Waals surface area contributed by atoms with Gasteiger partial charge in [0.15, 0.2) is 5.82 Å². The molecule has 0 atom stereocenters. The minimum absolute atomic E-state index is 0.0279. The van der Waals surface area contributed by atoms with Gasteiger partial charge in [0.05, 0.1) is 11.9 Å². The summed E-state index contributed by atoms with van der Waals surface area (Å²) in [7, 11) is 0. The second-order valence-electron chi connectivity index (χ2n) is 3.04. The third-order valence-corrected chi connectivity index (χ3v) is 1.95. The summed E-state index contributed by atoms with van der Waals surface area (Å²) in [4.78, 5) is 3.77. The zero-order valence-electron chi connectivity index (χ0n) is 7.94. The molecule has 0 saturated carbocycles. The van der Waals surface area contributed by atoms with Crippen molar-refractivity contribution in [2.45, 2.75) is 6.18 Å². The monoisotopic (exact) mass is 228 g/mol. The van der Waals surface area contributed by atoms with Crippen molar-refractivity contribution < 1.29 is 13.2 Å². The van der Waals surface area contributed by atoms with Crippen LogP contribution in [0.2, 0.25) is 0 Å². The van der Waals surface area contributed by atoms with Crippen molar-refractivity contribution in [1.29, 1.82) is 0 Å². The van der Waals surface area contributed by atoms with Gasteiger partial charge >= 0.3 is 6.18 Å². The van der Waals surface area contributed by atoms with E-state index in [2.05, 4.69) is 10.1 Å². The maximum absolute atomic E-state index is 12.6. The van der Waals surface area contributed by atoms with Crippen molar-refractivity contribution >= 4 is 5.69 Å². The number of alkyl halides is 3. The molecule has 0 spiro atoms. The third-order valence-electron chi connectivity index (χ3n) is 1.95. The van der Waals surface area contributed by atoms with Crippen LogP contribution >= 0.6 is 0 Å². The van der Waals surface area contributed by atoms with Crippen LogP contribution in [-0.2, 0) is 6.18 Å². The summed E-state index contributed by atoms with van der Waals surface area (Å²) in [6, 6.07) is 3.87. The fraction of sp³-hybridized carbons (Fsp3) is 0.111. The molecule has 0 aromatic carbocycles. The van der Waals surface area contributed by atoms with Crippen molar-refractivity contribution in [2.75, 3.05) is 5.73 Å². The Morgan fingerprint density at radius 3 is 2.56 bits per heavy atom. The lowest BCUT2D eigenvalue weighted by molar-refractivity contribution is -0.142. The van der Waals surface area contributed by atoms with Gasteiger partial charge in [0.2, 0.25) is 0 Å². The molecular weight excluding hydrogens is 221 g/mol. The van der Waals surface area contributed by atoms with E-state index in [-0.39, 0.29) is 11.5 Å². The molecule has 0 aliphatic heterocycles. The molecule has 0 aliphatic rings. The highest BCUT2D eigenvalue weighted by Crippen LogP contribution is 2.30. The Bertz CT molecular complexity index is 503. The number of anilines is 1. The average Bonchev–Trinajstić information content (AvgIpc) is 2.66. The van der Waals surface area contributed by atoms with Gasteiger partial charge in [-0.1, -0.05) is 0 Å². The number of hydrogen-bond donors (Lipinski definition) is 1. The first kappa shape index (κ1) is 10.5. The van der Waals surface area contributed by atoms with Crippen molar-refractivity contribution in [2.24, 2.45) is 0 Å². The predicted octanol–water partition coefficient (Wildman–Crippen LogP) is 1.87. The Labute approximate surface area is 88.5 Å². The zero-order chi connectivity index (χ0) is 11.8. The Morgan fingerprint density at radius 2 is 1.94 bits per heavy atom. The minimum atomic E-state index is -4.49. The lowest BCUT2D eigenvalue weighted by Crippen LogP contribution is -2.15. The molecule has 2 aromatic heterocycles. The van der Waals surface area contributed by atoms with Crippen LogP contribution in [0.3, 0.4) is 0 Å². The van der Waals surface area contributed by atoms with E-state index in [1.165, 1.54) is 18.3 Å². The van der Waals surface area contributed by atoms with Crippen LogP contribution in [0.25, 0.3) is 5.82 Å². The topological polar surface area (TPSA) is 56.7 Å². The molecule has 0 radical (unpaired) electrons. The van der Waals surface area contributed by atoms with Crippen LogP contribution < -0.4 is 5.73 Å². The molecule has 7 heteroatoms. The lowest BCUT2D eigenvalue weighted by Gasteiger charge is -2.10. The molecular formula is C9H7F3N4.